The molecule has 6 nitrogen and oxygen atoms in total. The smallest absolute Gasteiger partial charge is 0.338 e. The maximum absolute atomic E-state index is 11.2. The van der Waals surface area contributed by atoms with Crippen LogP contribution in [0.1, 0.15) is 10.4 Å². The molecule has 5 N–H and O–H groups in total. The van der Waals surface area contributed by atoms with Crippen molar-refractivity contribution in [2.45, 2.75) is 0 Å². The van der Waals surface area contributed by atoms with Crippen molar-refractivity contribution in [2.75, 3.05) is 13.2 Å². The van der Waals surface area contributed by atoms with Crippen molar-refractivity contribution in [2.24, 2.45) is 5.73 Å². The van der Waals surface area contributed by atoms with E-state index in [-0.39, 0.29) is 18.7 Å². The zero-order valence-corrected chi connectivity index (χ0v) is 7.80. The summed E-state index contributed by atoms with van der Waals surface area (Å²) in [5, 5.41) is 27.2. The van der Waals surface area contributed by atoms with Crippen LogP contribution in [0.25, 0.3) is 0 Å². The number of rotatable bonds is 3. The maximum atomic E-state index is 11.2. The van der Waals surface area contributed by atoms with Crippen LogP contribution in [0.3, 0.4) is 0 Å². The first kappa shape index (κ1) is 11.1. The van der Waals surface area contributed by atoms with E-state index >= 15 is 0 Å². The number of phenols is 3. The number of hydrogen-bond donors (Lipinski definition) is 4. The van der Waals surface area contributed by atoms with E-state index in [0.717, 1.165) is 12.1 Å². The highest BCUT2D eigenvalue weighted by molar-refractivity contribution is 5.91. The van der Waals surface area contributed by atoms with Gasteiger partial charge >= 0.3 is 5.97 Å². The Morgan fingerprint density at radius 1 is 1.27 bits per heavy atom. The van der Waals surface area contributed by atoms with Gasteiger partial charge in [-0.3, -0.25) is 0 Å². The molecule has 1 rings (SSSR count). The Labute approximate surface area is 85.5 Å². The number of phenolic OH excluding ortho intramolecular Hbond substituents is 3. The predicted molar refractivity (Wildman–Crippen MR) is 50.8 cm³/mol. The summed E-state index contributed by atoms with van der Waals surface area (Å²) in [5.41, 5.74) is 5.06. The lowest BCUT2D eigenvalue weighted by Crippen LogP contribution is -2.13. The summed E-state index contributed by atoms with van der Waals surface area (Å²) >= 11 is 0. The monoisotopic (exact) mass is 213 g/mol. The first-order chi connectivity index (χ1) is 7.06. The molecule has 0 unspecified atom stereocenters. The molecule has 0 atom stereocenters. The zero-order valence-electron chi connectivity index (χ0n) is 7.80. The minimum Gasteiger partial charge on any atom is -0.504 e. The lowest BCUT2D eigenvalue weighted by Gasteiger charge is -2.05. The molecular weight excluding hydrogens is 202 g/mol. The second-order valence-electron chi connectivity index (χ2n) is 2.79. The van der Waals surface area contributed by atoms with Crippen LogP contribution in [0.2, 0.25) is 0 Å². The van der Waals surface area contributed by atoms with Gasteiger partial charge in [0, 0.05) is 6.54 Å². The Hall–Kier alpha value is -1.95. The van der Waals surface area contributed by atoms with E-state index in [4.69, 9.17) is 21.1 Å². The van der Waals surface area contributed by atoms with Crippen LogP contribution in [-0.2, 0) is 4.74 Å². The van der Waals surface area contributed by atoms with Gasteiger partial charge in [-0.1, -0.05) is 0 Å². The van der Waals surface area contributed by atoms with Crippen LogP contribution < -0.4 is 5.73 Å². The van der Waals surface area contributed by atoms with Crippen molar-refractivity contribution in [1.82, 2.24) is 0 Å². The Morgan fingerprint density at radius 2 is 1.80 bits per heavy atom. The van der Waals surface area contributed by atoms with Gasteiger partial charge in [0.2, 0.25) is 0 Å². The van der Waals surface area contributed by atoms with Crippen molar-refractivity contribution in [1.29, 1.82) is 0 Å². The van der Waals surface area contributed by atoms with Crippen molar-refractivity contribution in [3.63, 3.8) is 0 Å². The third-order valence-corrected chi connectivity index (χ3v) is 1.66. The van der Waals surface area contributed by atoms with Crippen LogP contribution >= 0.6 is 0 Å². The average Bonchev–Trinajstić information content (AvgIpc) is 2.21. The average molecular weight is 213 g/mol. The van der Waals surface area contributed by atoms with Crippen molar-refractivity contribution in [3.05, 3.63) is 17.7 Å². The van der Waals surface area contributed by atoms with Crippen LogP contribution in [0, 0.1) is 0 Å². The Balaban J connectivity index is 2.91. The van der Waals surface area contributed by atoms with Gasteiger partial charge in [0.15, 0.2) is 17.2 Å². The van der Waals surface area contributed by atoms with Gasteiger partial charge in [0.05, 0.1) is 5.56 Å². The zero-order chi connectivity index (χ0) is 11.4. The van der Waals surface area contributed by atoms with E-state index in [1.165, 1.54) is 0 Å². The number of hydrogen-bond acceptors (Lipinski definition) is 6. The summed E-state index contributed by atoms with van der Waals surface area (Å²) < 4.78 is 4.66. The first-order valence-electron chi connectivity index (χ1n) is 4.18. The molecule has 0 aromatic heterocycles. The molecule has 0 saturated carbocycles. The fourth-order valence-electron chi connectivity index (χ4n) is 0.957. The highest BCUT2D eigenvalue weighted by Crippen LogP contribution is 2.35. The van der Waals surface area contributed by atoms with Gasteiger partial charge in [-0.25, -0.2) is 4.79 Å². The van der Waals surface area contributed by atoms with Crippen molar-refractivity contribution >= 4 is 5.97 Å². The third-order valence-electron chi connectivity index (χ3n) is 1.66. The van der Waals surface area contributed by atoms with Crippen molar-refractivity contribution < 1.29 is 24.9 Å². The topological polar surface area (TPSA) is 113 Å². The Kier molecular flexibility index (Phi) is 3.35. The van der Waals surface area contributed by atoms with Crippen LogP contribution in [-0.4, -0.2) is 34.4 Å². The molecule has 0 aliphatic carbocycles. The summed E-state index contributed by atoms with van der Waals surface area (Å²) in [7, 11) is 0. The van der Waals surface area contributed by atoms with E-state index < -0.39 is 23.2 Å². The molecule has 82 valence electrons. The van der Waals surface area contributed by atoms with Gasteiger partial charge in [0.25, 0.3) is 0 Å². The highest BCUT2D eigenvalue weighted by Gasteiger charge is 2.14. The van der Waals surface area contributed by atoms with E-state index in [9.17, 15) is 4.79 Å². The quantitative estimate of drug-likeness (QED) is 0.412. The van der Waals surface area contributed by atoms with Crippen molar-refractivity contribution in [3.8, 4) is 17.2 Å². The molecule has 1 aromatic rings. The minimum absolute atomic E-state index is 0.0429. The lowest BCUT2D eigenvalue weighted by molar-refractivity contribution is 0.0516. The van der Waals surface area contributed by atoms with Crippen LogP contribution in [0.15, 0.2) is 12.1 Å². The first-order valence-corrected chi connectivity index (χ1v) is 4.18. The minimum atomic E-state index is -0.731. The molecule has 0 spiro atoms. The number of aromatic hydroxyl groups is 3. The summed E-state index contributed by atoms with van der Waals surface area (Å²) in [5.74, 6) is -2.58. The second-order valence-corrected chi connectivity index (χ2v) is 2.79. The Morgan fingerprint density at radius 3 is 2.27 bits per heavy atom. The number of nitrogens with two attached hydrogens (primary N) is 1. The van der Waals surface area contributed by atoms with E-state index in [0.29, 0.717) is 0 Å². The number of esters is 1. The largest absolute Gasteiger partial charge is 0.504 e. The number of carbonyl (C=O) groups excluding carboxylic acids is 1. The van der Waals surface area contributed by atoms with Crippen LogP contribution in [0.5, 0.6) is 17.2 Å². The molecule has 0 aliphatic heterocycles. The molecule has 0 heterocycles. The third kappa shape index (κ3) is 2.50. The molecule has 0 amide bonds. The molecule has 0 aliphatic rings. The molecule has 0 saturated heterocycles. The fraction of sp³-hybridized carbons (Fsp3) is 0.222. The van der Waals surface area contributed by atoms with Crippen LogP contribution in [0.4, 0.5) is 0 Å². The van der Waals surface area contributed by atoms with Gasteiger partial charge in [-0.2, -0.15) is 0 Å². The fourth-order valence-corrected chi connectivity index (χ4v) is 0.957. The van der Waals surface area contributed by atoms with Gasteiger partial charge in [-0.15, -0.1) is 0 Å². The molecule has 1 aromatic carbocycles. The summed E-state index contributed by atoms with van der Waals surface area (Å²) in [6, 6.07) is 1.99. The molecule has 0 radical (unpaired) electrons. The predicted octanol–water partition coefficient (Wildman–Crippen LogP) is -0.0811. The maximum Gasteiger partial charge on any atom is 0.338 e. The number of ether oxygens (including phenoxy) is 1. The van der Waals surface area contributed by atoms with E-state index in [1.807, 2.05) is 0 Å². The summed E-state index contributed by atoms with van der Waals surface area (Å²) in [6.07, 6.45) is 0. The van der Waals surface area contributed by atoms with Gasteiger partial charge < -0.3 is 25.8 Å². The highest BCUT2D eigenvalue weighted by atomic mass is 16.5. The summed E-state index contributed by atoms with van der Waals surface area (Å²) in [6.45, 7) is 0.225. The number of benzene rings is 1. The molecule has 0 bridgehead atoms. The Bertz CT molecular complexity index is 354. The van der Waals surface area contributed by atoms with E-state index in [1.54, 1.807) is 0 Å². The molecule has 0 fully saturated rings. The van der Waals surface area contributed by atoms with Gasteiger partial charge in [0.1, 0.15) is 6.61 Å². The van der Waals surface area contributed by atoms with Gasteiger partial charge in [-0.05, 0) is 12.1 Å². The molecular formula is C9H11NO5. The van der Waals surface area contributed by atoms with E-state index in [2.05, 4.69) is 4.74 Å². The summed E-state index contributed by atoms with van der Waals surface area (Å²) in [4.78, 5) is 11.2. The standard InChI is InChI=1S/C9H11NO5/c10-1-2-15-9(14)5-3-6(11)8(13)7(12)4-5/h3-4,11-13H,1-2,10H2. The molecule has 6 heteroatoms. The SMILES string of the molecule is NCCOC(=O)c1cc(O)c(O)c(O)c1. The normalized spacial score (nSPS) is 9.93. The second kappa shape index (κ2) is 4.52. The molecule has 15 heavy (non-hydrogen) atoms. The number of carbonyl (C=O) groups is 1. The lowest BCUT2D eigenvalue weighted by atomic mass is 10.2.